The summed E-state index contributed by atoms with van der Waals surface area (Å²) in [6, 6.07) is 11.3. The number of alkyl halides is 3. The van der Waals surface area contributed by atoms with Crippen LogP contribution in [0.25, 0.3) is 22.5 Å². The lowest BCUT2D eigenvalue weighted by Crippen LogP contribution is -2.23. The summed E-state index contributed by atoms with van der Waals surface area (Å²) < 4.78 is 49.0. The highest BCUT2D eigenvalue weighted by atomic mass is 19.4. The third-order valence-electron chi connectivity index (χ3n) is 5.48. The highest BCUT2D eigenvalue weighted by Crippen LogP contribution is 2.36. The number of amides is 1. The molecule has 0 aliphatic carbocycles. The number of pyridine rings is 2. The molecule has 0 spiro atoms. The van der Waals surface area contributed by atoms with Gasteiger partial charge in [0.1, 0.15) is 11.6 Å². The van der Waals surface area contributed by atoms with E-state index in [1.807, 2.05) is 12.1 Å². The molecule has 0 aliphatic rings. The second kappa shape index (κ2) is 9.68. The normalized spacial score (nSPS) is 11.4. The minimum absolute atomic E-state index is 0.181. The monoisotopic (exact) mass is 497 g/mol. The summed E-state index contributed by atoms with van der Waals surface area (Å²) in [4.78, 5) is 32.3. The number of hydrogen-bond acceptors (Lipinski definition) is 5. The Bertz CT molecular complexity index is 1470. The SMILES string of the molecule is COc1ccc(Cn2c(-c3cc(-c4cnc(NC(C)=O)c(C(F)(F)F)c4)ccn3)cn(C)c2=O)cc1. The van der Waals surface area contributed by atoms with E-state index in [1.54, 1.807) is 44.6 Å². The van der Waals surface area contributed by atoms with Gasteiger partial charge in [0.25, 0.3) is 0 Å². The van der Waals surface area contributed by atoms with Crippen LogP contribution in [-0.2, 0) is 24.6 Å². The Labute approximate surface area is 204 Å². The molecule has 0 radical (unpaired) electrons. The van der Waals surface area contributed by atoms with Crippen molar-refractivity contribution in [3.05, 3.63) is 82.7 Å². The number of benzene rings is 1. The molecule has 186 valence electrons. The fraction of sp³-hybridized carbons (Fsp3) is 0.200. The molecule has 0 saturated carbocycles. The lowest BCUT2D eigenvalue weighted by atomic mass is 10.0. The van der Waals surface area contributed by atoms with Crippen molar-refractivity contribution in [2.24, 2.45) is 7.05 Å². The van der Waals surface area contributed by atoms with Gasteiger partial charge in [0.15, 0.2) is 0 Å². The van der Waals surface area contributed by atoms with Crippen molar-refractivity contribution < 1.29 is 22.7 Å². The zero-order valence-electron chi connectivity index (χ0n) is 19.6. The molecular weight excluding hydrogens is 475 g/mol. The number of ether oxygens (including phenoxy) is 1. The maximum Gasteiger partial charge on any atom is 0.419 e. The zero-order valence-corrected chi connectivity index (χ0v) is 19.6. The molecule has 8 nitrogen and oxygen atoms in total. The van der Waals surface area contributed by atoms with E-state index in [1.165, 1.54) is 21.5 Å². The van der Waals surface area contributed by atoms with E-state index in [0.717, 1.165) is 18.6 Å². The first kappa shape index (κ1) is 24.7. The smallest absolute Gasteiger partial charge is 0.419 e. The van der Waals surface area contributed by atoms with Crippen LogP contribution in [0.4, 0.5) is 19.0 Å². The number of carbonyl (C=O) groups excluding carboxylic acids is 1. The van der Waals surface area contributed by atoms with E-state index < -0.39 is 23.5 Å². The first-order chi connectivity index (χ1) is 17.1. The number of methoxy groups -OCH3 is 1. The van der Waals surface area contributed by atoms with E-state index in [0.29, 0.717) is 22.7 Å². The minimum Gasteiger partial charge on any atom is -0.497 e. The number of nitrogens with zero attached hydrogens (tertiary/aromatic N) is 4. The molecule has 0 fully saturated rings. The summed E-state index contributed by atoms with van der Waals surface area (Å²) in [5.41, 5.74) is 1.02. The first-order valence-electron chi connectivity index (χ1n) is 10.8. The lowest BCUT2D eigenvalue weighted by molar-refractivity contribution is -0.137. The van der Waals surface area contributed by atoms with Gasteiger partial charge in [0, 0.05) is 38.1 Å². The second-order valence-corrected chi connectivity index (χ2v) is 8.07. The van der Waals surface area contributed by atoms with Gasteiger partial charge >= 0.3 is 11.9 Å². The number of aryl methyl sites for hydroxylation is 1. The van der Waals surface area contributed by atoms with Gasteiger partial charge < -0.3 is 14.6 Å². The van der Waals surface area contributed by atoms with Crippen LogP contribution >= 0.6 is 0 Å². The molecule has 3 heterocycles. The summed E-state index contributed by atoms with van der Waals surface area (Å²) in [7, 11) is 3.18. The van der Waals surface area contributed by atoms with E-state index in [9.17, 15) is 22.8 Å². The number of anilines is 1. The van der Waals surface area contributed by atoms with Crippen molar-refractivity contribution in [2.45, 2.75) is 19.6 Å². The number of carbonyl (C=O) groups is 1. The fourth-order valence-electron chi connectivity index (χ4n) is 3.73. The van der Waals surface area contributed by atoms with Gasteiger partial charge in [0.2, 0.25) is 5.91 Å². The Hall–Kier alpha value is -4.41. The predicted octanol–water partition coefficient (Wildman–Crippen LogP) is 4.34. The molecule has 36 heavy (non-hydrogen) atoms. The summed E-state index contributed by atoms with van der Waals surface area (Å²) in [6.45, 7) is 1.37. The minimum atomic E-state index is -4.73. The molecule has 0 unspecified atom stereocenters. The van der Waals surface area contributed by atoms with Crippen molar-refractivity contribution in [3.8, 4) is 28.3 Å². The van der Waals surface area contributed by atoms with Crippen molar-refractivity contribution >= 4 is 11.7 Å². The topological polar surface area (TPSA) is 91.0 Å². The van der Waals surface area contributed by atoms with Gasteiger partial charge in [-0.2, -0.15) is 13.2 Å². The second-order valence-electron chi connectivity index (χ2n) is 8.07. The van der Waals surface area contributed by atoms with Crippen LogP contribution < -0.4 is 15.7 Å². The highest BCUT2D eigenvalue weighted by Gasteiger charge is 2.35. The van der Waals surface area contributed by atoms with Crippen LogP contribution in [0.2, 0.25) is 0 Å². The Balaban J connectivity index is 1.75. The van der Waals surface area contributed by atoms with Crippen molar-refractivity contribution in [3.63, 3.8) is 0 Å². The molecule has 0 atom stereocenters. The molecule has 4 aromatic rings. The summed E-state index contributed by atoms with van der Waals surface area (Å²) in [5.74, 6) is -0.541. The van der Waals surface area contributed by atoms with E-state index in [4.69, 9.17) is 4.74 Å². The van der Waals surface area contributed by atoms with E-state index in [-0.39, 0.29) is 17.8 Å². The first-order valence-corrected chi connectivity index (χ1v) is 10.8. The van der Waals surface area contributed by atoms with Gasteiger partial charge in [0.05, 0.1) is 30.6 Å². The van der Waals surface area contributed by atoms with Gasteiger partial charge in [-0.05, 0) is 41.5 Å². The fourth-order valence-corrected chi connectivity index (χ4v) is 3.73. The van der Waals surface area contributed by atoms with Gasteiger partial charge in [-0.25, -0.2) is 9.78 Å². The van der Waals surface area contributed by atoms with Crippen LogP contribution in [-0.4, -0.2) is 32.1 Å². The predicted molar refractivity (Wildman–Crippen MR) is 128 cm³/mol. The molecular formula is C25H22F3N5O3. The van der Waals surface area contributed by atoms with Crippen LogP contribution in [0.5, 0.6) is 5.75 Å². The molecule has 0 aliphatic heterocycles. The summed E-state index contributed by atoms with van der Waals surface area (Å²) in [5, 5.41) is 2.11. The maximum atomic E-state index is 13.6. The zero-order chi connectivity index (χ0) is 26.0. The Morgan fingerprint density at radius 1 is 1.08 bits per heavy atom. The molecule has 0 saturated heterocycles. The summed E-state index contributed by atoms with van der Waals surface area (Å²) >= 11 is 0. The summed E-state index contributed by atoms with van der Waals surface area (Å²) in [6.07, 6.45) is -0.407. The molecule has 3 aromatic heterocycles. The van der Waals surface area contributed by atoms with Crippen LogP contribution in [0.15, 0.2) is 65.8 Å². The van der Waals surface area contributed by atoms with Gasteiger partial charge in [-0.1, -0.05) is 12.1 Å². The quantitative estimate of drug-likeness (QED) is 0.428. The van der Waals surface area contributed by atoms with Crippen LogP contribution in [0.3, 0.4) is 0 Å². The third-order valence-corrected chi connectivity index (χ3v) is 5.48. The Morgan fingerprint density at radius 2 is 1.81 bits per heavy atom. The standard InChI is InChI=1S/C25H22F3N5O3/c1-15(34)31-23-20(25(26,27)28)10-18(12-30-23)17-8-9-29-21(11-17)22-14-32(2)24(35)33(22)13-16-4-6-19(36-3)7-5-16/h4-12,14H,13H2,1-3H3,(H,30,31,34). The molecule has 4 rings (SSSR count). The molecule has 1 aromatic carbocycles. The number of rotatable bonds is 6. The van der Waals surface area contributed by atoms with Crippen LogP contribution in [0.1, 0.15) is 18.1 Å². The van der Waals surface area contributed by atoms with Crippen LogP contribution in [0, 0.1) is 0 Å². The molecule has 1 N–H and O–H groups in total. The Kier molecular flexibility index (Phi) is 6.65. The van der Waals surface area contributed by atoms with Crippen molar-refractivity contribution in [1.82, 2.24) is 19.1 Å². The van der Waals surface area contributed by atoms with Gasteiger partial charge in [-0.3, -0.25) is 14.3 Å². The average Bonchev–Trinajstić information content (AvgIpc) is 3.12. The third kappa shape index (κ3) is 5.14. The lowest BCUT2D eigenvalue weighted by Gasteiger charge is -2.14. The molecule has 1 amide bonds. The number of aromatic nitrogens is 4. The van der Waals surface area contributed by atoms with E-state index in [2.05, 4.69) is 15.3 Å². The number of hydrogen-bond donors (Lipinski definition) is 1. The number of nitrogens with one attached hydrogen (secondary N) is 1. The molecule has 0 bridgehead atoms. The highest BCUT2D eigenvalue weighted by molar-refractivity contribution is 5.89. The molecule has 11 heteroatoms. The largest absolute Gasteiger partial charge is 0.497 e. The van der Waals surface area contributed by atoms with Gasteiger partial charge in [-0.15, -0.1) is 0 Å². The average molecular weight is 497 g/mol. The maximum absolute atomic E-state index is 13.6. The number of imidazole rings is 1. The Morgan fingerprint density at radius 3 is 2.44 bits per heavy atom. The van der Waals surface area contributed by atoms with Crippen molar-refractivity contribution in [2.75, 3.05) is 12.4 Å². The van der Waals surface area contributed by atoms with Crippen molar-refractivity contribution in [1.29, 1.82) is 0 Å². The van der Waals surface area contributed by atoms with E-state index >= 15 is 0 Å². The number of halogens is 3.